The van der Waals surface area contributed by atoms with Crippen molar-refractivity contribution in [3.63, 3.8) is 0 Å². The lowest BCUT2D eigenvalue weighted by Gasteiger charge is -2.39. The van der Waals surface area contributed by atoms with E-state index >= 15 is 0 Å². The molecule has 1 saturated heterocycles. The van der Waals surface area contributed by atoms with Crippen molar-refractivity contribution < 1.29 is 9.18 Å². The number of likely N-dealkylation sites (tertiary alicyclic amines) is 1. The van der Waals surface area contributed by atoms with Crippen LogP contribution in [0.5, 0.6) is 0 Å². The van der Waals surface area contributed by atoms with Crippen molar-refractivity contribution in [2.45, 2.75) is 25.8 Å². The molecule has 2 atom stereocenters. The summed E-state index contributed by atoms with van der Waals surface area (Å²) in [7, 11) is 0. The first-order chi connectivity index (χ1) is 9.06. The van der Waals surface area contributed by atoms with E-state index in [1.807, 2.05) is 0 Å². The number of piperidine rings is 1. The first kappa shape index (κ1) is 14.5. The summed E-state index contributed by atoms with van der Waals surface area (Å²) in [5, 5.41) is 0. The van der Waals surface area contributed by atoms with E-state index in [1.165, 1.54) is 6.07 Å². The second kappa shape index (κ2) is 6.01. The minimum absolute atomic E-state index is 0.00671. The van der Waals surface area contributed by atoms with E-state index in [1.54, 1.807) is 17.0 Å². The molecule has 1 aromatic rings. The van der Waals surface area contributed by atoms with Gasteiger partial charge in [0.15, 0.2) is 0 Å². The predicted molar refractivity (Wildman–Crippen MR) is 76.4 cm³/mol. The second-order valence-electron chi connectivity index (χ2n) is 5.02. The maximum absolute atomic E-state index is 13.9. The van der Waals surface area contributed by atoms with Gasteiger partial charge in [0.05, 0.1) is 5.56 Å². The van der Waals surface area contributed by atoms with Crippen LogP contribution in [0.15, 0.2) is 22.7 Å². The third kappa shape index (κ3) is 2.82. The zero-order chi connectivity index (χ0) is 14.0. The predicted octanol–water partition coefficient (Wildman–Crippen LogP) is 2.79. The summed E-state index contributed by atoms with van der Waals surface area (Å²) in [6, 6.07) is 4.56. The molecule has 1 aliphatic rings. The van der Waals surface area contributed by atoms with Crippen LogP contribution >= 0.6 is 15.9 Å². The summed E-state index contributed by atoms with van der Waals surface area (Å²) in [6.45, 7) is 3.15. The van der Waals surface area contributed by atoms with Gasteiger partial charge in [-0.25, -0.2) is 4.39 Å². The van der Waals surface area contributed by atoms with Crippen LogP contribution < -0.4 is 5.73 Å². The summed E-state index contributed by atoms with van der Waals surface area (Å²) in [4.78, 5) is 14.3. The topological polar surface area (TPSA) is 46.3 Å². The van der Waals surface area contributed by atoms with Crippen LogP contribution in [-0.4, -0.2) is 29.9 Å². The fourth-order valence-electron chi connectivity index (χ4n) is 2.71. The van der Waals surface area contributed by atoms with Crippen molar-refractivity contribution in [1.29, 1.82) is 0 Å². The Morgan fingerprint density at radius 3 is 2.95 bits per heavy atom. The molecule has 3 nitrogen and oxygen atoms in total. The molecule has 1 fully saturated rings. The lowest BCUT2D eigenvalue weighted by molar-refractivity contribution is 0.0527. The maximum Gasteiger partial charge on any atom is 0.258 e. The number of amides is 1. The third-order valence-corrected chi connectivity index (χ3v) is 4.46. The Balaban J connectivity index is 2.32. The number of halogens is 2. The van der Waals surface area contributed by atoms with Gasteiger partial charge in [-0.1, -0.05) is 13.0 Å². The van der Waals surface area contributed by atoms with Gasteiger partial charge in [-0.3, -0.25) is 4.79 Å². The van der Waals surface area contributed by atoms with Crippen LogP contribution in [0.25, 0.3) is 0 Å². The first-order valence-electron chi connectivity index (χ1n) is 6.51. The molecule has 0 bridgehead atoms. The minimum Gasteiger partial charge on any atom is -0.334 e. The number of rotatable bonds is 2. The average Bonchev–Trinajstić information content (AvgIpc) is 2.38. The van der Waals surface area contributed by atoms with Crippen molar-refractivity contribution in [3.8, 4) is 0 Å². The Morgan fingerprint density at radius 2 is 2.32 bits per heavy atom. The highest BCUT2D eigenvalue weighted by atomic mass is 79.9. The molecule has 0 saturated carbocycles. The van der Waals surface area contributed by atoms with Crippen molar-refractivity contribution in [3.05, 3.63) is 34.1 Å². The van der Waals surface area contributed by atoms with Gasteiger partial charge in [-0.05, 0) is 46.8 Å². The van der Waals surface area contributed by atoms with Crippen LogP contribution in [0.1, 0.15) is 30.1 Å². The Morgan fingerprint density at radius 1 is 1.58 bits per heavy atom. The fraction of sp³-hybridized carbons (Fsp3) is 0.500. The standard InChI is InChI=1S/C14H18BrFN2O/c1-9-4-3-7-18(12(9)8-17)14(19)13-10(15)5-2-6-11(13)16/h2,5-6,9,12H,3-4,7-8,17H2,1H3. The molecule has 0 radical (unpaired) electrons. The van der Waals surface area contributed by atoms with Crippen LogP contribution in [0.4, 0.5) is 4.39 Å². The Bertz CT molecular complexity index is 460. The van der Waals surface area contributed by atoms with Gasteiger partial charge in [-0.2, -0.15) is 0 Å². The zero-order valence-corrected chi connectivity index (χ0v) is 12.5. The highest BCUT2D eigenvalue weighted by Crippen LogP contribution is 2.27. The maximum atomic E-state index is 13.9. The molecule has 0 spiro atoms. The first-order valence-corrected chi connectivity index (χ1v) is 7.30. The number of carbonyl (C=O) groups is 1. The number of hydrogen-bond acceptors (Lipinski definition) is 2. The zero-order valence-electron chi connectivity index (χ0n) is 10.9. The lowest BCUT2D eigenvalue weighted by Crippen LogP contribution is -2.51. The SMILES string of the molecule is CC1CCCN(C(=O)c2c(F)cccc2Br)C1CN. The second-order valence-corrected chi connectivity index (χ2v) is 5.87. The van der Waals surface area contributed by atoms with E-state index in [4.69, 9.17) is 5.73 Å². The highest BCUT2D eigenvalue weighted by Gasteiger charge is 2.33. The Hall–Kier alpha value is -0.940. The highest BCUT2D eigenvalue weighted by molar-refractivity contribution is 9.10. The molecule has 1 heterocycles. The molecule has 2 rings (SSSR count). The molecule has 2 N–H and O–H groups in total. The van der Waals surface area contributed by atoms with E-state index in [0.717, 1.165) is 12.8 Å². The van der Waals surface area contributed by atoms with E-state index in [0.29, 0.717) is 23.5 Å². The molecule has 1 aromatic carbocycles. The van der Waals surface area contributed by atoms with E-state index in [-0.39, 0.29) is 17.5 Å². The number of hydrogen-bond donors (Lipinski definition) is 1. The van der Waals surface area contributed by atoms with Crippen LogP contribution in [0.2, 0.25) is 0 Å². The van der Waals surface area contributed by atoms with Crippen molar-refractivity contribution in [2.75, 3.05) is 13.1 Å². The quantitative estimate of drug-likeness (QED) is 0.907. The molecular weight excluding hydrogens is 311 g/mol. The van der Waals surface area contributed by atoms with Crippen molar-refractivity contribution >= 4 is 21.8 Å². The number of benzene rings is 1. The minimum atomic E-state index is -0.492. The molecule has 5 heteroatoms. The summed E-state index contributed by atoms with van der Waals surface area (Å²) in [5.74, 6) is -0.409. The van der Waals surface area contributed by atoms with Gasteiger partial charge in [0.2, 0.25) is 0 Å². The number of nitrogens with two attached hydrogens (primary N) is 1. The Kier molecular flexibility index (Phi) is 4.58. The van der Waals surface area contributed by atoms with Crippen molar-refractivity contribution in [1.82, 2.24) is 4.90 Å². The average molecular weight is 329 g/mol. The smallest absolute Gasteiger partial charge is 0.258 e. The van der Waals surface area contributed by atoms with Gasteiger partial charge in [0, 0.05) is 23.6 Å². The molecule has 19 heavy (non-hydrogen) atoms. The number of carbonyl (C=O) groups excluding carboxylic acids is 1. The van der Waals surface area contributed by atoms with Gasteiger partial charge >= 0.3 is 0 Å². The van der Waals surface area contributed by atoms with Crippen molar-refractivity contribution in [2.24, 2.45) is 11.7 Å². The fourth-order valence-corrected chi connectivity index (χ4v) is 3.22. The van der Waals surface area contributed by atoms with Gasteiger partial charge in [-0.15, -0.1) is 0 Å². The monoisotopic (exact) mass is 328 g/mol. The van der Waals surface area contributed by atoms with Gasteiger partial charge in [0.1, 0.15) is 5.82 Å². The van der Waals surface area contributed by atoms with Crippen LogP contribution in [0, 0.1) is 11.7 Å². The summed E-state index contributed by atoms with van der Waals surface area (Å²) < 4.78 is 14.4. The van der Waals surface area contributed by atoms with Crippen LogP contribution in [-0.2, 0) is 0 Å². The van der Waals surface area contributed by atoms with Gasteiger partial charge < -0.3 is 10.6 Å². The normalized spacial score (nSPS) is 23.5. The molecule has 0 aromatic heterocycles. The van der Waals surface area contributed by atoms with Crippen LogP contribution in [0.3, 0.4) is 0 Å². The molecule has 2 unspecified atom stereocenters. The largest absolute Gasteiger partial charge is 0.334 e. The Labute approximate surface area is 121 Å². The molecule has 1 aliphatic heterocycles. The van der Waals surface area contributed by atoms with Gasteiger partial charge in [0.25, 0.3) is 5.91 Å². The molecule has 0 aliphatic carbocycles. The molecular formula is C14H18BrFN2O. The summed E-state index contributed by atoms with van der Waals surface area (Å²) in [5.41, 5.74) is 5.88. The van der Waals surface area contributed by atoms with E-state index in [9.17, 15) is 9.18 Å². The summed E-state index contributed by atoms with van der Waals surface area (Å²) >= 11 is 3.25. The lowest BCUT2D eigenvalue weighted by atomic mass is 9.90. The van der Waals surface area contributed by atoms with E-state index in [2.05, 4.69) is 22.9 Å². The van der Waals surface area contributed by atoms with E-state index < -0.39 is 5.82 Å². The molecule has 1 amide bonds. The summed E-state index contributed by atoms with van der Waals surface area (Å²) in [6.07, 6.45) is 2.00. The molecule has 104 valence electrons. The third-order valence-electron chi connectivity index (χ3n) is 3.79. The number of nitrogens with zero attached hydrogens (tertiary/aromatic N) is 1.